The van der Waals surface area contributed by atoms with Gasteiger partial charge in [-0.15, -0.1) is 0 Å². The van der Waals surface area contributed by atoms with Gasteiger partial charge in [-0.1, -0.05) is 0 Å². The van der Waals surface area contributed by atoms with E-state index in [4.69, 9.17) is 4.74 Å². The topological polar surface area (TPSA) is 64.4 Å². The molecule has 0 saturated carbocycles. The molecule has 0 bridgehead atoms. The van der Waals surface area contributed by atoms with Gasteiger partial charge < -0.3 is 10.1 Å². The van der Waals surface area contributed by atoms with Crippen molar-refractivity contribution in [1.29, 1.82) is 0 Å². The van der Waals surface area contributed by atoms with Crippen LogP contribution in [-0.4, -0.2) is 23.2 Å². The zero-order valence-electron chi connectivity index (χ0n) is 10.7. The van der Waals surface area contributed by atoms with E-state index in [2.05, 4.69) is 19.2 Å². The number of anilines is 1. The van der Waals surface area contributed by atoms with Crippen LogP contribution in [-0.2, 0) is 4.74 Å². The molecule has 1 aliphatic rings. The summed E-state index contributed by atoms with van der Waals surface area (Å²) in [5.41, 5.74) is 0.938. The maximum Gasteiger partial charge on any atom is 0.269 e. The Morgan fingerprint density at radius 3 is 2.61 bits per heavy atom. The van der Waals surface area contributed by atoms with E-state index in [1.165, 1.54) is 12.1 Å². The first-order valence-electron chi connectivity index (χ1n) is 6.11. The third-order valence-electron chi connectivity index (χ3n) is 3.15. The molecule has 0 aromatic heterocycles. The van der Waals surface area contributed by atoms with Crippen LogP contribution in [0.4, 0.5) is 11.4 Å². The third kappa shape index (κ3) is 3.20. The summed E-state index contributed by atoms with van der Waals surface area (Å²) in [5.74, 6) is 0. The molecule has 0 radical (unpaired) electrons. The van der Waals surface area contributed by atoms with Crippen LogP contribution in [0.15, 0.2) is 24.3 Å². The fourth-order valence-electron chi connectivity index (χ4n) is 2.27. The van der Waals surface area contributed by atoms with Crippen molar-refractivity contribution in [3.8, 4) is 0 Å². The van der Waals surface area contributed by atoms with Crippen molar-refractivity contribution in [2.45, 2.75) is 38.3 Å². The van der Waals surface area contributed by atoms with Gasteiger partial charge in [0.2, 0.25) is 0 Å². The summed E-state index contributed by atoms with van der Waals surface area (Å²) in [7, 11) is 0. The molecule has 98 valence electrons. The second-order valence-electron chi connectivity index (χ2n) is 5.25. The molecule has 1 heterocycles. The second kappa shape index (κ2) is 4.94. The van der Waals surface area contributed by atoms with Crippen molar-refractivity contribution in [3.05, 3.63) is 34.4 Å². The summed E-state index contributed by atoms with van der Waals surface area (Å²) < 4.78 is 5.65. The van der Waals surface area contributed by atoms with Crippen molar-refractivity contribution in [3.63, 3.8) is 0 Å². The van der Waals surface area contributed by atoms with Gasteiger partial charge in [0.25, 0.3) is 5.69 Å². The zero-order chi connectivity index (χ0) is 13.2. The van der Waals surface area contributed by atoms with Gasteiger partial charge in [-0.2, -0.15) is 0 Å². The highest BCUT2D eigenvalue weighted by Gasteiger charge is 2.28. The number of nitro benzene ring substituents is 1. The summed E-state index contributed by atoms with van der Waals surface area (Å²) in [6.45, 7) is 4.91. The van der Waals surface area contributed by atoms with Crippen molar-refractivity contribution in [1.82, 2.24) is 0 Å². The second-order valence-corrected chi connectivity index (χ2v) is 5.25. The monoisotopic (exact) mass is 250 g/mol. The van der Waals surface area contributed by atoms with Crippen LogP contribution >= 0.6 is 0 Å². The molecular formula is C13H18N2O3. The lowest BCUT2D eigenvalue weighted by atomic mass is 9.94. The maximum atomic E-state index is 10.6. The molecule has 5 nitrogen and oxygen atoms in total. The molecule has 1 saturated heterocycles. The number of rotatable bonds is 3. The quantitative estimate of drug-likeness (QED) is 0.661. The Bertz CT molecular complexity index is 428. The fraction of sp³-hybridized carbons (Fsp3) is 0.538. The van der Waals surface area contributed by atoms with Gasteiger partial charge in [0.1, 0.15) is 0 Å². The Morgan fingerprint density at radius 2 is 2.06 bits per heavy atom. The molecule has 1 unspecified atom stereocenters. The molecule has 1 aliphatic heterocycles. The van der Waals surface area contributed by atoms with E-state index in [-0.39, 0.29) is 16.2 Å². The smallest absolute Gasteiger partial charge is 0.269 e. The van der Waals surface area contributed by atoms with E-state index in [0.717, 1.165) is 25.1 Å². The molecule has 1 aromatic carbocycles. The first-order valence-corrected chi connectivity index (χ1v) is 6.11. The average Bonchev–Trinajstić information content (AvgIpc) is 2.28. The lowest BCUT2D eigenvalue weighted by molar-refractivity contribution is -0.384. The van der Waals surface area contributed by atoms with Crippen LogP contribution in [0, 0.1) is 10.1 Å². The number of ether oxygens (including phenoxy) is 1. The van der Waals surface area contributed by atoms with E-state index < -0.39 is 0 Å². The van der Waals surface area contributed by atoms with Crippen molar-refractivity contribution < 1.29 is 9.66 Å². The van der Waals surface area contributed by atoms with Crippen LogP contribution in [0.2, 0.25) is 0 Å². The Morgan fingerprint density at radius 1 is 1.39 bits per heavy atom. The molecular weight excluding hydrogens is 232 g/mol. The Kier molecular flexibility index (Phi) is 3.52. The number of benzene rings is 1. The van der Waals surface area contributed by atoms with E-state index in [9.17, 15) is 10.1 Å². The SMILES string of the molecule is CC1(C)CC(Nc2ccc([N+](=O)[O-])cc2)CCO1. The van der Waals surface area contributed by atoms with Crippen LogP contribution in [0.5, 0.6) is 0 Å². The molecule has 5 heteroatoms. The molecule has 18 heavy (non-hydrogen) atoms. The number of hydrogen-bond acceptors (Lipinski definition) is 4. The normalized spacial score (nSPS) is 22.4. The van der Waals surface area contributed by atoms with Gasteiger partial charge in [-0.3, -0.25) is 10.1 Å². The highest BCUT2D eigenvalue weighted by molar-refractivity contribution is 5.49. The fourth-order valence-corrected chi connectivity index (χ4v) is 2.27. The number of nitrogens with zero attached hydrogens (tertiary/aromatic N) is 1. The number of non-ortho nitro benzene ring substituents is 1. The van der Waals surface area contributed by atoms with Gasteiger partial charge >= 0.3 is 0 Å². The molecule has 0 aliphatic carbocycles. The molecule has 0 amide bonds. The summed E-state index contributed by atoms with van der Waals surface area (Å²) in [6, 6.07) is 6.90. The van der Waals surface area contributed by atoms with E-state index in [0.29, 0.717) is 6.04 Å². The minimum absolute atomic E-state index is 0.101. The first-order chi connectivity index (χ1) is 8.46. The van der Waals surface area contributed by atoms with Crippen molar-refractivity contribution in [2.75, 3.05) is 11.9 Å². The molecule has 1 N–H and O–H groups in total. The van der Waals surface area contributed by atoms with Gasteiger partial charge in [0, 0.05) is 30.5 Å². The van der Waals surface area contributed by atoms with Crippen LogP contribution < -0.4 is 5.32 Å². The molecule has 0 spiro atoms. The zero-order valence-corrected chi connectivity index (χ0v) is 10.7. The minimum atomic E-state index is -0.388. The minimum Gasteiger partial charge on any atom is -0.382 e. The van der Waals surface area contributed by atoms with Gasteiger partial charge in [-0.25, -0.2) is 0 Å². The summed E-state index contributed by atoms with van der Waals surface area (Å²) >= 11 is 0. The standard InChI is InChI=1S/C13H18N2O3/c1-13(2)9-11(7-8-18-13)14-10-3-5-12(6-4-10)15(16)17/h3-6,11,14H,7-9H2,1-2H3. The largest absolute Gasteiger partial charge is 0.382 e. The summed E-state index contributed by atoms with van der Waals surface area (Å²) in [4.78, 5) is 10.2. The Labute approximate surface area is 106 Å². The molecule has 1 aromatic rings. The van der Waals surface area contributed by atoms with Crippen LogP contribution in [0.1, 0.15) is 26.7 Å². The summed E-state index contributed by atoms with van der Waals surface area (Å²) in [5, 5.41) is 14.0. The first kappa shape index (κ1) is 12.8. The van der Waals surface area contributed by atoms with Crippen LogP contribution in [0.25, 0.3) is 0 Å². The van der Waals surface area contributed by atoms with Crippen molar-refractivity contribution >= 4 is 11.4 Å². The lowest BCUT2D eigenvalue weighted by Gasteiger charge is -2.36. The number of hydrogen-bond donors (Lipinski definition) is 1. The Hall–Kier alpha value is -1.62. The Balaban J connectivity index is 1.99. The van der Waals surface area contributed by atoms with Crippen molar-refractivity contribution in [2.24, 2.45) is 0 Å². The highest BCUT2D eigenvalue weighted by atomic mass is 16.6. The van der Waals surface area contributed by atoms with Gasteiger partial charge in [-0.05, 0) is 38.8 Å². The predicted molar refractivity (Wildman–Crippen MR) is 69.8 cm³/mol. The molecule has 2 rings (SSSR count). The lowest BCUT2D eigenvalue weighted by Crippen LogP contribution is -2.40. The maximum absolute atomic E-state index is 10.6. The molecule has 1 fully saturated rings. The van der Waals surface area contributed by atoms with Crippen LogP contribution in [0.3, 0.4) is 0 Å². The number of nitro groups is 1. The van der Waals surface area contributed by atoms with Gasteiger partial charge in [0.15, 0.2) is 0 Å². The summed E-state index contributed by atoms with van der Waals surface area (Å²) in [6.07, 6.45) is 1.89. The van der Waals surface area contributed by atoms with E-state index >= 15 is 0 Å². The highest BCUT2D eigenvalue weighted by Crippen LogP contribution is 2.26. The van der Waals surface area contributed by atoms with Gasteiger partial charge in [0.05, 0.1) is 10.5 Å². The predicted octanol–water partition coefficient (Wildman–Crippen LogP) is 2.96. The number of nitrogens with one attached hydrogen (secondary N) is 1. The molecule has 1 atom stereocenters. The average molecular weight is 250 g/mol. The van der Waals surface area contributed by atoms with E-state index in [1.54, 1.807) is 12.1 Å². The van der Waals surface area contributed by atoms with E-state index in [1.807, 2.05) is 0 Å². The third-order valence-corrected chi connectivity index (χ3v) is 3.15.